The summed E-state index contributed by atoms with van der Waals surface area (Å²) in [6.45, 7) is 0.657. The number of aromatic nitrogens is 3. The SMILES string of the molecule is Cn1ncnc1NC(=O)NCC(C)(O)C(=O)O. The summed E-state index contributed by atoms with van der Waals surface area (Å²) in [6.07, 6.45) is 1.25. The highest BCUT2D eigenvalue weighted by Gasteiger charge is 2.30. The molecule has 2 amide bonds. The molecule has 0 bridgehead atoms. The van der Waals surface area contributed by atoms with E-state index in [1.165, 1.54) is 11.0 Å². The third kappa shape index (κ3) is 3.41. The smallest absolute Gasteiger partial charge is 0.337 e. The molecular formula is C8H13N5O4. The van der Waals surface area contributed by atoms with Gasteiger partial charge < -0.3 is 15.5 Å². The van der Waals surface area contributed by atoms with Crippen LogP contribution in [-0.4, -0.2) is 49.1 Å². The second kappa shape index (κ2) is 4.78. The van der Waals surface area contributed by atoms with Crippen LogP contribution in [0.25, 0.3) is 0 Å². The first kappa shape index (κ1) is 12.9. The lowest BCUT2D eigenvalue weighted by molar-refractivity contribution is -0.155. The van der Waals surface area contributed by atoms with Gasteiger partial charge in [0.2, 0.25) is 5.95 Å². The molecule has 9 nitrogen and oxygen atoms in total. The Morgan fingerprint density at radius 3 is 2.71 bits per heavy atom. The Kier molecular flexibility index (Phi) is 3.63. The molecule has 0 aromatic carbocycles. The van der Waals surface area contributed by atoms with Gasteiger partial charge in [-0.25, -0.2) is 14.3 Å². The molecule has 1 aromatic rings. The molecule has 0 aliphatic heterocycles. The Balaban J connectivity index is 2.47. The van der Waals surface area contributed by atoms with E-state index in [2.05, 4.69) is 20.7 Å². The van der Waals surface area contributed by atoms with Crippen molar-refractivity contribution < 1.29 is 19.8 Å². The number of aliphatic carboxylic acids is 1. The molecule has 0 saturated carbocycles. The number of amides is 2. The number of carboxylic acids is 1. The fourth-order valence-corrected chi connectivity index (χ4v) is 0.883. The normalized spacial score (nSPS) is 13.8. The summed E-state index contributed by atoms with van der Waals surface area (Å²) >= 11 is 0. The van der Waals surface area contributed by atoms with Crippen LogP contribution in [0.1, 0.15) is 6.92 Å². The minimum absolute atomic E-state index is 0.206. The van der Waals surface area contributed by atoms with Gasteiger partial charge in [0.15, 0.2) is 5.60 Å². The van der Waals surface area contributed by atoms with Crippen LogP contribution in [0.3, 0.4) is 0 Å². The van der Waals surface area contributed by atoms with Crippen LogP contribution in [0.4, 0.5) is 10.7 Å². The topological polar surface area (TPSA) is 129 Å². The van der Waals surface area contributed by atoms with E-state index >= 15 is 0 Å². The summed E-state index contributed by atoms with van der Waals surface area (Å²) in [7, 11) is 1.58. The van der Waals surface area contributed by atoms with Gasteiger partial charge in [0.25, 0.3) is 0 Å². The molecule has 4 N–H and O–H groups in total. The van der Waals surface area contributed by atoms with Crippen molar-refractivity contribution in [1.29, 1.82) is 0 Å². The van der Waals surface area contributed by atoms with Crippen molar-refractivity contribution in [2.45, 2.75) is 12.5 Å². The molecule has 1 heterocycles. The average Bonchev–Trinajstić information content (AvgIpc) is 2.61. The summed E-state index contributed by atoms with van der Waals surface area (Å²) in [5.41, 5.74) is -2.02. The van der Waals surface area contributed by atoms with Crippen LogP contribution in [0.2, 0.25) is 0 Å². The summed E-state index contributed by atoms with van der Waals surface area (Å²) in [4.78, 5) is 25.6. The van der Waals surface area contributed by atoms with Gasteiger partial charge in [-0.3, -0.25) is 5.32 Å². The maximum absolute atomic E-state index is 11.3. The standard InChI is InChI=1S/C8H13N5O4/c1-8(17,5(14)15)3-9-7(16)12-6-10-4-11-13(6)2/h4,17H,3H2,1-2H3,(H,14,15)(H2,9,10,11,12,16). The van der Waals surface area contributed by atoms with Gasteiger partial charge in [-0.1, -0.05) is 0 Å². The van der Waals surface area contributed by atoms with Gasteiger partial charge in [0.05, 0.1) is 6.54 Å². The third-order valence-corrected chi connectivity index (χ3v) is 1.99. The van der Waals surface area contributed by atoms with Crippen LogP contribution in [0.5, 0.6) is 0 Å². The fraction of sp³-hybridized carbons (Fsp3) is 0.500. The molecular weight excluding hydrogens is 230 g/mol. The lowest BCUT2D eigenvalue weighted by Crippen LogP contribution is -2.47. The number of urea groups is 1. The average molecular weight is 243 g/mol. The van der Waals surface area contributed by atoms with Crippen molar-refractivity contribution >= 4 is 17.9 Å². The van der Waals surface area contributed by atoms with Gasteiger partial charge in [-0.2, -0.15) is 10.1 Å². The predicted octanol–water partition coefficient (Wildman–Crippen LogP) is -1.23. The van der Waals surface area contributed by atoms with Crippen LogP contribution in [0.15, 0.2) is 6.33 Å². The van der Waals surface area contributed by atoms with Crippen LogP contribution >= 0.6 is 0 Å². The number of anilines is 1. The Morgan fingerprint density at radius 1 is 1.59 bits per heavy atom. The highest BCUT2D eigenvalue weighted by atomic mass is 16.4. The number of hydrogen-bond donors (Lipinski definition) is 4. The Bertz CT molecular complexity index is 427. The minimum atomic E-state index is -2.02. The number of nitrogens with one attached hydrogen (secondary N) is 2. The van der Waals surface area contributed by atoms with Crippen LogP contribution in [0, 0.1) is 0 Å². The Morgan fingerprint density at radius 2 is 2.24 bits per heavy atom. The highest BCUT2D eigenvalue weighted by molar-refractivity contribution is 5.88. The quantitative estimate of drug-likeness (QED) is 0.524. The molecule has 1 aromatic heterocycles. The summed E-state index contributed by atoms with van der Waals surface area (Å²) in [5, 5.41) is 26.2. The molecule has 0 saturated heterocycles. The number of rotatable bonds is 4. The first-order chi connectivity index (χ1) is 7.83. The molecule has 0 radical (unpaired) electrons. The van der Waals surface area contributed by atoms with E-state index in [0.717, 1.165) is 6.92 Å². The zero-order chi connectivity index (χ0) is 13.1. The maximum Gasteiger partial charge on any atom is 0.337 e. The highest BCUT2D eigenvalue weighted by Crippen LogP contribution is 2.01. The second-order valence-electron chi connectivity index (χ2n) is 3.59. The maximum atomic E-state index is 11.3. The lowest BCUT2D eigenvalue weighted by atomic mass is 10.1. The molecule has 9 heteroatoms. The number of nitrogens with zero attached hydrogens (tertiary/aromatic N) is 3. The minimum Gasteiger partial charge on any atom is -0.479 e. The molecule has 17 heavy (non-hydrogen) atoms. The summed E-state index contributed by atoms with van der Waals surface area (Å²) in [6, 6.07) is -0.678. The molecule has 94 valence electrons. The molecule has 0 fully saturated rings. The van der Waals surface area contributed by atoms with E-state index in [-0.39, 0.29) is 5.95 Å². The fourth-order valence-electron chi connectivity index (χ4n) is 0.883. The molecule has 0 aliphatic rings. The second-order valence-corrected chi connectivity index (χ2v) is 3.59. The first-order valence-electron chi connectivity index (χ1n) is 4.67. The van der Waals surface area contributed by atoms with E-state index in [1.807, 2.05) is 0 Å². The molecule has 1 rings (SSSR count). The summed E-state index contributed by atoms with van der Waals surface area (Å²) < 4.78 is 1.33. The third-order valence-electron chi connectivity index (χ3n) is 1.99. The number of hydrogen-bond acceptors (Lipinski definition) is 5. The van der Waals surface area contributed by atoms with Crippen molar-refractivity contribution in [3.05, 3.63) is 6.33 Å². The molecule has 0 spiro atoms. The zero-order valence-electron chi connectivity index (χ0n) is 9.34. The van der Waals surface area contributed by atoms with Crippen molar-refractivity contribution in [2.24, 2.45) is 7.05 Å². The van der Waals surface area contributed by atoms with Crippen LogP contribution in [-0.2, 0) is 11.8 Å². The van der Waals surface area contributed by atoms with Gasteiger partial charge >= 0.3 is 12.0 Å². The molecule has 1 atom stereocenters. The summed E-state index contributed by atoms with van der Waals surface area (Å²) in [5.74, 6) is -1.21. The van der Waals surface area contributed by atoms with E-state index in [0.29, 0.717) is 0 Å². The molecule has 0 aliphatic carbocycles. The van der Waals surface area contributed by atoms with Gasteiger partial charge in [0, 0.05) is 7.05 Å². The largest absolute Gasteiger partial charge is 0.479 e. The Hall–Kier alpha value is -2.16. The number of carbonyl (C=O) groups excluding carboxylic acids is 1. The number of aryl methyl sites for hydroxylation is 1. The molecule has 1 unspecified atom stereocenters. The van der Waals surface area contributed by atoms with E-state index in [9.17, 15) is 14.7 Å². The zero-order valence-corrected chi connectivity index (χ0v) is 9.34. The van der Waals surface area contributed by atoms with Gasteiger partial charge in [-0.15, -0.1) is 0 Å². The first-order valence-corrected chi connectivity index (χ1v) is 4.67. The van der Waals surface area contributed by atoms with E-state index < -0.39 is 24.1 Å². The van der Waals surface area contributed by atoms with Crippen molar-refractivity contribution in [3.63, 3.8) is 0 Å². The Labute approximate surface area is 96.5 Å². The van der Waals surface area contributed by atoms with Crippen molar-refractivity contribution in [1.82, 2.24) is 20.1 Å². The van der Waals surface area contributed by atoms with Gasteiger partial charge in [0.1, 0.15) is 6.33 Å². The van der Waals surface area contributed by atoms with Gasteiger partial charge in [-0.05, 0) is 6.92 Å². The van der Waals surface area contributed by atoms with E-state index in [4.69, 9.17) is 5.11 Å². The number of aliphatic hydroxyl groups is 1. The van der Waals surface area contributed by atoms with E-state index in [1.54, 1.807) is 7.05 Å². The number of carboxylic acid groups (broad SMARTS) is 1. The predicted molar refractivity (Wildman–Crippen MR) is 56.3 cm³/mol. The van der Waals surface area contributed by atoms with Crippen LogP contribution < -0.4 is 10.6 Å². The van der Waals surface area contributed by atoms with Crippen molar-refractivity contribution in [3.8, 4) is 0 Å². The monoisotopic (exact) mass is 243 g/mol. The van der Waals surface area contributed by atoms with Crippen molar-refractivity contribution in [2.75, 3.05) is 11.9 Å². The number of carbonyl (C=O) groups is 2. The lowest BCUT2D eigenvalue weighted by Gasteiger charge is -2.18.